The van der Waals surface area contributed by atoms with Gasteiger partial charge in [-0.05, 0) is 36.8 Å². The fourth-order valence-corrected chi connectivity index (χ4v) is 1.79. The summed E-state index contributed by atoms with van der Waals surface area (Å²) in [7, 11) is 0. The Morgan fingerprint density at radius 2 is 2.11 bits per heavy atom. The number of carbonyl (C=O) groups is 1. The van der Waals surface area contributed by atoms with Crippen molar-refractivity contribution in [2.24, 2.45) is 0 Å². The number of halogens is 2. The highest BCUT2D eigenvalue weighted by Gasteiger charge is 2.12. The van der Waals surface area contributed by atoms with Gasteiger partial charge in [0.05, 0.1) is 0 Å². The summed E-state index contributed by atoms with van der Waals surface area (Å²) < 4.78 is 13.5. The molecule has 4 heteroatoms. The van der Waals surface area contributed by atoms with Crippen molar-refractivity contribution in [3.8, 4) is 0 Å². The van der Waals surface area contributed by atoms with E-state index in [1.807, 2.05) is 0 Å². The molecule has 1 aromatic heterocycles. The number of benzene rings is 1. The van der Waals surface area contributed by atoms with Gasteiger partial charge >= 0.3 is 0 Å². The second kappa shape index (κ2) is 5.27. The SMILES string of the molecule is Cc1cccc(C(=O)Cc2ccc(Cl)cc2F)n1. The van der Waals surface area contributed by atoms with Crippen LogP contribution in [0, 0.1) is 12.7 Å². The van der Waals surface area contributed by atoms with Crippen LogP contribution < -0.4 is 0 Å². The van der Waals surface area contributed by atoms with E-state index < -0.39 is 5.82 Å². The summed E-state index contributed by atoms with van der Waals surface area (Å²) in [5, 5.41) is 0.317. The lowest BCUT2D eigenvalue weighted by Gasteiger charge is -2.03. The van der Waals surface area contributed by atoms with Crippen LogP contribution in [0.4, 0.5) is 4.39 Å². The van der Waals surface area contributed by atoms with Crippen molar-refractivity contribution < 1.29 is 9.18 Å². The molecule has 0 amide bonds. The highest BCUT2D eigenvalue weighted by molar-refractivity contribution is 6.30. The number of nitrogens with zero attached hydrogens (tertiary/aromatic N) is 1. The molecule has 2 rings (SSSR count). The molecule has 0 aliphatic heterocycles. The number of rotatable bonds is 3. The zero-order valence-corrected chi connectivity index (χ0v) is 10.5. The smallest absolute Gasteiger partial charge is 0.185 e. The van der Waals surface area contributed by atoms with Gasteiger partial charge in [-0.3, -0.25) is 9.78 Å². The molecular weight excluding hydrogens is 253 g/mol. The van der Waals surface area contributed by atoms with Crippen LogP contribution >= 0.6 is 11.6 Å². The van der Waals surface area contributed by atoms with E-state index in [-0.39, 0.29) is 12.2 Å². The molecular formula is C14H11ClFNO. The molecule has 0 saturated carbocycles. The second-order valence-corrected chi connectivity index (χ2v) is 4.44. The Labute approximate surface area is 109 Å². The van der Waals surface area contributed by atoms with Crippen LogP contribution in [-0.2, 0) is 6.42 Å². The van der Waals surface area contributed by atoms with Gasteiger partial charge in [0.25, 0.3) is 0 Å². The highest BCUT2D eigenvalue weighted by Crippen LogP contribution is 2.16. The molecule has 2 nitrogen and oxygen atoms in total. The molecule has 0 spiro atoms. The van der Waals surface area contributed by atoms with Crippen molar-refractivity contribution in [1.29, 1.82) is 0 Å². The first kappa shape index (κ1) is 12.7. The van der Waals surface area contributed by atoms with Crippen molar-refractivity contribution in [3.05, 3.63) is 64.2 Å². The van der Waals surface area contributed by atoms with E-state index in [0.29, 0.717) is 16.3 Å². The average Bonchev–Trinajstić information content (AvgIpc) is 2.32. The van der Waals surface area contributed by atoms with Gasteiger partial charge in [-0.1, -0.05) is 23.7 Å². The summed E-state index contributed by atoms with van der Waals surface area (Å²) in [4.78, 5) is 16.1. The van der Waals surface area contributed by atoms with Crippen LogP contribution in [0.25, 0.3) is 0 Å². The predicted octanol–water partition coefficient (Wildman–Crippen LogP) is 3.61. The van der Waals surface area contributed by atoms with Crippen LogP contribution in [0.1, 0.15) is 21.7 Å². The number of hydrogen-bond acceptors (Lipinski definition) is 2. The number of carbonyl (C=O) groups excluding carboxylic acids is 1. The highest BCUT2D eigenvalue weighted by atomic mass is 35.5. The minimum absolute atomic E-state index is 0.0144. The molecule has 0 unspecified atom stereocenters. The zero-order valence-electron chi connectivity index (χ0n) is 9.78. The quantitative estimate of drug-likeness (QED) is 0.792. The summed E-state index contributed by atoms with van der Waals surface area (Å²) in [6, 6.07) is 9.48. The van der Waals surface area contributed by atoms with Crippen molar-refractivity contribution in [3.63, 3.8) is 0 Å². The third-order valence-electron chi connectivity index (χ3n) is 2.54. The Hall–Kier alpha value is -1.74. The third kappa shape index (κ3) is 2.93. The molecule has 0 fully saturated rings. The lowest BCUT2D eigenvalue weighted by molar-refractivity contribution is 0.0987. The van der Waals surface area contributed by atoms with Crippen LogP contribution in [-0.4, -0.2) is 10.8 Å². The standard InChI is InChI=1S/C14H11ClFNO/c1-9-3-2-4-13(17-9)14(18)7-10-5-6-11(15)8-12(10)16/h2-6,8H,7H2,1H3. The maximum Gasteiger partial charge on any atom is 0.185 e. The molecule has 2 aromatic rings. The summed E-state index contributed by atoms with van der Waals surface area (Å²) in [5.41, 5.74) is 1.44. The molecule has 0 aliphatic rings. The van der Waals surface area contributed by atoms with E-state index in [2.05, 4.69) is 4.98 Å². The van der Waals surface area contributed by atoms with Gasteiger partial charge in [-0.15, -0.1) is 0 Å². The summed E-state index contributed by atoms with van der Waals surface area (Å²) in [6.45, 7) is 1.81. The zero-order chi connectivity index (χ0) is 13.1. The maximum atomic E-state index is 13.5. The monoisotopic (exact) mass is 263 g/mol. The van der Waals surface area contributed by atoms with E-state index in [1.54, 1.807) is 31.2 Å². The number of pyridine rings is 1. The fraction of sp³-hybridized carbons (Fsp3) is 0.143. The molecule has 0 atom stereocenters. The van der Waals surface area contributed by atoms with E-state index in [1.165, 1.54) is 12.1 Å². The van der Waals surface area contributed by atoms with Crippen LogP contribution in [0.2, 0.25) is 5.02 Å². The average molecular weight is 264 g/mol. The van der Waals surface area contributed by atoms with Gasteiger partial charge in [0.1, 0.15) is 11.5 Å². The van der Waals surface area contributed by atoms with Gasteiger partial charge < -0.3 is 0 Å². The number of hydrogen-bond donors (Lipinski definition) is 0. The van der Waals surface area contributed by atoms with Gasteiger partial charge in [0.15, 0.2) is 5.78 Å². The number of Topliss-reactive ketones (excluding diaryl/α,β-unsaturated/α-hetero) is 1. The van der Waals surface area contributed by atoms with Crippen LogP contribution in [0.3, 0.4) is 0 Å². The minimum atomic E-state index is -0.469. The number of aromatic nitrogens is 1. The van der Waals surface area contributed by atoms with Gasteiger partial charge in [0, 0.05) is 17.1 Å². The van der Waals surface area contributed by atoms with Gasteiger partial charge in [-0.2, -0.15) is 0 Å². The van der Waals surface area contributed by atoms with Gasteiger partial charge in [-0.25, -0.2) is 4.39 Å². The van der Waals surface area contributed by atoms with Crippen LogP contribution in [0.15, 0.2) is 36.4 Å². The lowest BCUT2D eigenvalue weighted by atomic mass is 10.1. The largest absolute Gasteiger partial charge is 0.292 e. The second-order valence-electron chi connectivity index (χ2n) is 4.00. The molecule has 1 heterocycles. The van der Waals surface area contributed by atoms with Crippen molar-refractivity contribution in [2.75, 3.05) is 0 Å². The van der Waals surface area contributed by atoms with Gasteiger partial charge in [0.2, 0.25) is 0 Å². The Morgan fingerprint density at radius 3 is 2.78 bits per heavy atom. The lowest BCUT2D eigenvalue weighted by Crippen LogP contribution is -2.07. The Balaban J connectivity index is 2.21. The number of ketones is 1. The molecule has 0 radical (unpaired) electrons. The Morgan fingerprint density at radius 1 is 1.33 bits per heavy atom. The topological polar surface area (TPSA) is 30.0 Å². The van der Waals surface area contributed by atoms with E-state index in [4.69, 9.17) is 11.6 Å². The van der Waals surface area contributed by atoms with Crippen LogP contribution in [0.5, 0.6) is 0 Å². The molecule has 92 valence electrons. The first-order chi connectivity index (χ1) is 8.56. The number of aryl methyl sites for hydroxylation is 1. The first-order valence-electron chi connectivity index (χ1n) is 5.47. The molecule has 0 saturated heterocycles. The Bertz CT molecular complexity index is 598. The third-order valence-corrected chi connectivity index (χ3v) is 2.78. The molecule has 1 aromatic carbocycles. The Kier molecular flexibility index (Phi) is 3.72. The molecule has 0 aliphatic carbocycles. The van der Waals surface area contributed by atoms with Crippen molar-refractivity contribution in [1.82, 2.24) is 4.98 Å². The van der Waals surface area contributed by atoms with E-state index in [9.17, 15) is 9.18 Å². The summed E-state index contributed by atoms with van der Waals surface area (Å²) in [6.07, 6.45) is -0.0144. The summed E-state index contributed by atoms with van der Waals surface area (Å²) in [5.74, 6) is -0.677. The molecule has 18 heavy (non-hydrogen) atoms. The van der Waals surface area contributed by atoms with E-state index in [0.717, 1.165) is 5.69 Å². The minimum Gasteiger partial charge on any atom is -0.292 e. The first-order valence-corrected chi connectivity index (χ1v) is 5.85. The normalized spacial score (nSPS) is 10.4. The molecule has 0 bridgehead atoms. The summed E-state index contributed by atoms with van der Waals surface area (Å²) >= 11 is 5.65. The predicted molar refractivity (Wildman–Crippen MR) is 68.4 cm³/mol. The maximum absolute atomic E-state index is 13.5. The van der Waals surface area contributed by atoms with Crippen molar-refractivity contribution >= 4 is 17.4 Å². The van der Waals surface area contributed by atoms with E-state index >= 15 is 0 Å². The molecule has 0 N–H and O–H groups in total. The fourth-order valence-electron chi connectivity index (χ4n) is 1.63. The van der Waals surface area contributed by atoms with Crippen molar-refractivity contribution in [2.45, 2.75) is 13.3 Å².